The number of carbonyl (C=O) groups excluding carboxylic acids is 1. The van der Waals surface area contributed by atoms with Crippen LogP contribution in [0.2, 0.25) is 5.02 Å². The highest BCUT2D eigenvalue weighted by molar-refractivity contribution is 14.1. The van der Waals surface area contributed by atoms with E-state index in [1.165, 1.54) is 6.07 Å². The summed E-state index contributed by atoms with van der Waals surface area (Å²) in [6.45, 7) is 0. The zero-order valence-electron chi connectivity index (χ0n) is 9.45. The van der Waals surface area contributed by atoms with Crippen molar-refractivity contribution in [2.24, 2.45) is 0 Å². The topological polar surface area (TPSA) is 49.3 Å². The van der Waals surface area contributed by atoms with Gasteiger partial charge < -0.3 is 10.4 Å². The number of hydrogen-bond donors (Lipinski definition) is 2. The minimum absolute atomic E-state index is 0.0283. The second-order valence-electron chi connectivity index (χ2n) is 3.72. The first-order chi connectivity index (χ1) is 8.99. The zero-order chi connectivity index (χ0) is 14.0. The van der Waals surface area contributed by atoms with Crippen LogP contribution in [0, 0.1) is 9.39 Å². The molecular formula is C13H8ClFINO2. The van der Waals surface area contributed by atoms with E-state index in [0.29, 0.717) is 5.56 Å². The number of nitrogens with one attached hydrogen (secondary N) is 1. The Bertz CT molecular complexity index is 649. The van der Waals surface area contributed by atoms with Crippen molar-refractivity contribution in [2.75, 3.05) is 5.32 Å². The van der Waals surface area contributed by atoms with E-state index in [4.69, 9.17) is 11.6 Å². The molecule has 0 radical (unpaired) electrons. The molecule has 0 atom stereocenters. The maximum absolute atomic E-state index is 13.6. The Kier molecular flexibility index (Phi) is 4.26. The molecule has 0 aliphatic rings. The quantitative estimate of drug-likeness (QED) is 0.600. The SMILES string of the molecule is O=C(Nc1cc(Cl)c(O)cc1F)c1ccccc1I. The van der Waals surface area contributed by atoms with Crippen LogP contribution in [-0.4, -0.2) is 11.0 Å². The van der Waals surface area contributed by atoms with E-state index in [9.17, 15) is 14.3 Å². The lowest BCUT2D eigenvalue weighted by Crippen LogP contribution is -2.14. The van der Waals surface area contributed by atoms with Crippen molar-refractivity contribution >= 4 is 45.8 Å². The van der Waals surface area contributed by atoms with Gasteiger partial charge in [-0.25, -0.2) is 4.39 Å². The van der Waals surface area contributed by atoms with Crippen LogP contribution < -0.4 is 5.32 Å². The molecule has 0 unspecified atom stereocenters. The summed E-state index contributed by atoms with van der Waals surface area (Å²) in [5, 5.41) is 11.6. The summed E-state index contributed by atoms with van der Waals surface area (Å²) in [5.74, 6) is -1.56. The van der Waals surface area contributed by atoms with Crippen LogP contribution in [0.1, 0.15) is 10.4 Å². The minimum Gasteiger partial charge on any atom is -0.506 e. The van der Waals surface area contributed by atoms with E-state index in [1.807, 2.05) is 22.6 Å². The Balaban J connectivity index is 2.30. The number of phenols is 1. The maximum atomic E-state index is 13.6. The van der Waals surface area contributed by atoms with Crippen molar-refractivity contribution in [1.29, 1.82) is 0 Å². The van der Waals surface area contributed by atoms with Gasteiger partial charge in [-0.2, -0.15) is 0 Å². The summed E-state index contributed by atoms with van der Waals surface area (Å²) < 4.78 is 14.3. The van der Waals surface area contributed by atoms with Crippen LogP contribution in [0.4, 0.5) is 10.1 Å². The summed E-state index contributed by atoms with van der Waals surface area (Å²) in [5.41, 5.74) is 0.360. The number of hydrogen-bond acceptors (Lipinski definition) is 2. The fourth-order valence-corrected chi connectivity index (χ4v) is 2.26. The number of benzene rings is 2. The van der Waals surface area contributed by atoms with E-state index in [2.05, 4.69) is 5.32 Å². The number of carbonyl (C=O) groups is 1. The van der Waals surface area contributed by atoms with Crippen LogP contribution in [0.15, 0.2) is 36.4 Å². The van der Waals surface area contributed by atoms with E-state index in [1.54, 1.807) is 24.3 Å². The molecule has 0 spiro atoms. The van der Waals surface area contributed by atoms with Gasteiger partial charge in [-0.15, -0.1) is 0 Å². The Morgan fingerprint density at radius 3 is 2.68 bits per heavy atom. The van der Waals surface area contributed by atoms with E-state index in [0.717, 1.165) is 9.64 Å². The van der Waals surface area contributed by atoms with Gasteiger partial charge in [0.2, 0.25) is 0 Å². The largest absolute Gasteiger partial charge is 0.506 e. The molecule has 6 heteroatoms. The van der Waals surface area contributed by atoms with E-state index < -0.39 is 11.7 Å². The Morgan fingerprint density at radius 2 is 2.00 bits per heavy atom. The molecule has 2 aromatic rings. The third-order valence-corrected chi connectivity index (χ3v) is 3.65. The first-order valence-corrected chi connectivity index (χ1v) is 6.68. The molecule has 0 bridgehead atoms. The number of phenolic OH excluding ortho intramolecular Hbond substituents is 1. The molecule has 98 valence electrons. The molecule has 2 N–H and O–H groups in total. The highest BCUT2D eigenvalue weighted by atomic mass is 127. The Labute approximate surface area is 127 Å². The molecule has 1 amide bonds. The van der Waals surface area contributed by atoms with Crippen LogP contribution >= 0.6 is 34.2 Å². The number of amides is 1. The molecule has 2 rings (SSSR count). The number of anilines is 1. The molecule has 0 saturated heterocycles. The van der Waals surface area contributed by atoms with Crippen molar-refractivity contribution in [3.63, 3.8) is 0 Å². The first-order valence-electron chi connectivity index (χ1n) is 5.23. The van der Waals surface area contributed by atoms with Crippen molar-refractivity contribution in [3.05, 3.63) is 56.4 Å². The lowest BCUT2D eigenvalue weighted by molar-refractivity contribution is 0.102. The van der Waals surface area contributed by atoms with Gasteiger partial charge in [-0.1, -0.05) is 23.7 Å². The van der Waals surface area contributed by atoms with Gasteiger partial charge in [0.1, 0.15) is 5.75 Å². The fourth-order valence-electron chi connectivity index (χ4n) is 1.47. The predicted octanol–water partition coefficient (Wildman–Crippen LogP) is 4.04. The highest BCUT2D eigenvalue weighted by Crippen LogP contribution is 2.29. The van der Waals surface area contributed by atoms with Gasteiger partial charge >= 0.3 is 0 Å². The smallest absolute Gasteiger partial charge is 0.256 e. The normalized spacial score (nSPS) is 10.3. The molecule has 0 heterocycles. The van der Waals surface area contributed by atoms with Gasteiger partial charge in [0.15, 0.2) is 5.82 Å². The van der Waals surface area contributed by atoms with Crippen molar-refractivity contribution in [1.82, 2.24) is 0 Å². The van der Waals surface area contributed by atoms with Gasteiger partial charge in [0, 0.05) is 9.64 Å². The van der Waals surface area contributed by atoms with E-state index >= 15 is 0 Å². The summed E-state index contributed by atoms with van der Waals surface area (Å²) in [6, 6.07) is 8.95. The summed E-state index contributed by atoms with van der Waals surface area (Å²) in [4.78, 5) is 12.0. The Hall–Kier alpha value is -1.34. The summed E-state index contributed by atoms with van der Waals surface area (Å²) in [6.07, 6.45) is 0. The van der Waals surface area contributed by atoms with Crippen LogP contribution in [-0.2, 0) is 0 Å². The molecule has 3 nitrogen and oxygen atoms in total. The average molecular weight is 392 g/mol. The maximum Gasteiger partial charge on any atom is 0.256 e. The Morgan fingerprint density at radius 1 is 1.32 bits per heavy atom. The second-order valence-corrected chi connectivity index (χ2v) is 5.29. The molecular weight excluding hydrogens is 384 g/mol. The highest BCUT2D eigenvalue weighted by Gasteiger charge is 2.13. The van der Waals surface area contributed by atoms with Crippen molar-refractivity contribution in [3.8, 4) is 5.75 Å². The van der Waals surface area contributed by atoms with Crippen LogP contribution in [0.5, 0.6) is 5.75 Å². The lowest BCUT2D eigenvalue weighted by Gasteiger charge is -2.09. The molecule has 19 heavy (non-hydrogen) atoms. The molecule has 0 aliphatic carbocycles. The third-order valence-electron chi connectivity index (χ3n) is 2.40. The average Bonchev–Trinajstić information content (AvgIpc) is 2.36. The van der Waals surface area contributed by atoms with Gasteiger partial charge in [-0.05, 0) is 40.8 Å². The lowest BCUT2D eigenvalue weighted by atomic mass is 10.2. The molecule has 0 aromatic heterocycles. The third kappa shape index (κ3) is 3.16. The predicted molar refractivity (Wildman–Crippen MR) is 80.2 cm³/mol. The second kappa shape index (κ2) is 5.75. The van der Waals surface area contributed by atoms with Gasteiger partial charge in [-0.3, -0.25) is 4.79 Å². The van der Waals surface area contributed by atoms with E-state index in [-0.39, 0.29) is 16.5 Å². The zero-order valence-corrected chi connectivity index (χ0v) is 12.4. The minimum atomic E-state index is -0.749. The molecule has 0 aliphatic heterocycles. The van der Waals surface area contributed by atoms with Gasteiger partial charge in [0.05, 0.1) is 16.3 Å². The monoisotopic (exact) mass is 391 g/mol. The number of rotatable bonds is 2. The number of aromatic hydroxyl groups is 1. The van der Waals surface area contributed by atoms with Crippen LogP contribution in [0.3, 0.4) is 0 Å². The molecule has 2 aromatic carbocycles. The first kappa shape index (κ1) is 14.1. The fraction of sp³-hybridized carbons (Fsp3) is 0. The standard InChI is InChI=1S/C13H8ClFINO2/c14-8-5-11(9(15)6-12(8)18)17-13(19)7-3-1-2-4-10(7)16/h1-6,18H,(H,17,19). The summed E-state index contributed by atoms with van der Waals surface area (Å²) >= 11 is 7.70. The van der Waals surface area contributed by atoms with Crippen molar-refractivity contribution in [2.45, 2.75) is 0 Å². The van der Waals surface area contributed by atoms with Crippen molar-refractivity contribution < 1.29 is 14.3 Å². The number of halogens is 3. The summed E-state index contributed by atoms with van der Waals surface area (Å²) in [7, 11) is 0. The van der Waals surface area contributed by atoms with Crippen LogP contribution in [0.25, 0.3) is 0 Å². The van der Waals surface area contributed by atoms with Gasteiger partial charge in [0.25, 0.3) is 5.91 Å². The molecule has 0 saturated carbocycles. The molecule has 0 fully saturated rings.